The van der Waals surface area contributed by atoms with Crippen molar-refractivity contribution in [2.24, 2.45) is 11.8 Å². The van der Waals surface area contributed by atoms with Crippen LogP contribution in [0, 0.1) is 11.8 Å². The maximum absolute atomic E-state index is 12.0. The molecule has 0 aliphatic rings. The molecule has 0 aromatic rings. The molecule has 2 atom stereocenters. The zero-order valence-corrected chi connectivity index (χ0v) is 19.3. The first-order valence-corrected chi connectivity index (χ1v) is 12.5. The third-order valence-electron chi connectivity index (χ3n) is 5.28. The fourth-order valence-corrected chi connectivity index (χ4v) is 3.55. The van der Waals surface area contributed by atoms with E-state index in [0.29, 0.717) is 0 Å². The van der Waals surface area contributed by atoms with Crippen LogP contribution in [0.25, 0.3) is 0 Å². The second kappa shape index (κ2) is 15.7. The highest BCUT2D eigenvalue weighted by Gasteiger charge is 2.27. The molecule has 2 unspecified atom stereocenters. The largest absolute Gasteiger partial charge is 0.464 e. The maximum Gasteiger partial charge on any atom is 0.306 e. The zero-order valence-electron chi connectivity index (χ0n) is 18.5. The molecule has 0 spiro atoms. The molecule has 0 aromatic carbocycles. The summed E-state index contributed by atoms with van der Waals surface area (Å²) in [7, 11) is -4.51. The zero-order chi connectivity index (χ0) is 22.3. The number of carbonyl (C=O) groups is 2. The van der Waals surface area contributed by atoms with E-state index in [9.17, 15) is 22.6 Å². The Morgan fingerprint density at radius 2 is 1.17 bits per heavy atom. The number of esters is 2. The second-order valence-corrected chi connectivity index (χ2v) is 9.44. The maximum atomic E-state index is 12.0. The van der Waals surface area contributed by atoms with Gasteiger partial charge in [0.05, 0.1) is 0 Å². The lowest BCUT2D eigenvalue weighted by atomic mass is 9.96. The molecule has 0 rings (SSSR count). The molecule has 0 aromatic heterocycles. The third kappa shape index (κ3) is 13.7. The summed E-state index contributed by atoms with van der Waals surface area (Å²) in [5.74, 6) is -0.616. The summed E-state index contributed by atoms with van der Waals surface area (Å²) >= 11 is 0. The number of carbonyl (C=O) groups excluding carboxylic acids is 2. The van der Waals surface area contributed by atoms with E-state index in [0.717, 1.165) is 51.4 Å². The van der Waals surface area contributed by atoms with Gasteiger partial charge < -0.3 is 9.47 Å². The predicted molar refractivity (Wildman–Crippen MR) is 113 cm³/mol. The Hall–Kier alpha value is -1.15. The van der Waals surface area contributed by atoms with Gasteiger partial charge in [-0.2, -0.15) is 8.42 Å². The first kappa shape index (κ1) is 27.8. The monoisotopic (exact) mass is 436 g/mol. The predicted octanol–water partition coefficient (Wildman–Crippen LogP) is 4.54. The summed E-state index contributed by atoms with van der Waals surface area (Å²) in [4.78, 5) is 24.0. The van der Waals surface area contributed by atoms with Crippen LogP contribution in [0.5, 0.6) is 0 Å². The lowest BCUT2D eigenvalue weighted by molar-refractivity contribution is -0.147. The van der Waals surface area contributed by atoms with Gasteiger partial charge in [0.15, 0.2) is 5.25 Å². The van der Waals surface area contributed by atoms with Crippen LogP contribution < -0.4 is 0 Å². The van der Waals surface area contributed by atoms with Crippen LogP contribution in [0.15, 0.2) is 0 Å². The minimum atomic E-state index is -4.51. The number of hydrogen-bond donors (Lipinski definition) is 1. The Morgan fingerprint density at radius 1 is 0.793 bits per heavy atom. The van der Waals surface area contributed by atoms with Gasteiger partial charge >= 0.3 is 11.9 Å². The highest BCUT2D eigenvalue weighted by molar-refractivity contribution is 7.86. The van der Waals surface area contributed by atoms with E-state index < -0.39 is 40.5 Å². The number of hydrogen-bond acceptors (Lipinski definition) is 6. The molecule has 0 heterocycles. The Bertz CT molecular complexity index is 525. The molecule has 0 bridgehead atoms. The molecular weight excluding hydrogens is 396 g/mol. The topological polar surface area (TPSA) is 107 Å². The normalized spacial score (nSPS) is 14.8. The van der Waals surface area contributed by atoms with Gasteiger partial charge in [0, 0.05) is 12.8 Å². The average molecular weight is 437 g/mol. The summed E-state index contributed by atoms with van der Waals surface area (Å²) < 4.78 is 42.6. The highest BCUT2D eigenvalue weighted by Crippen LogP contribution is 2.19. The number of unbranched alkanes of at least 4 members (excludes halogenated alkanes) is 2. The summed E-state index contributed by atoms with van der Waals surface area (Å²) in [6, 6.07) is 0. The van der Waals surface area contributed by atoms with E-state index in [4.69, 9.17) is 9.47 Å². The van der Waals surface area contributed by atoms with Crippen molar-refractivity contribution in [1.82, 2.24) is 0 Å². The van der Waals surface area contributed by atoms with Crippen LogP contribution in [0.3, 0.4) is 0 Å². The van der Waals surface area contributed by atoms with E-state index in [2.05, 4.69) is 13.8 Å². The van der Waals surface area contributed by atoms with Crippen molar-refractivity contribution in [3.05, 3.63) is 0 Å². The summed E-state index contributed by atoms with van der Waals surface area (Å²) in [6.45, 7) is 7.10. The van der Waals surface area contributed by atoms with Crippen molar-refractivity contribution in [2.75, 3.05) is 13.2 Å². The van der Waals surface area contributed by atoms with Crippen LogP contribution in [-0.4, -0.2) is 43.4 Å². The lowest BCUT2D eigenvalue weighted by Crippen LogP contribution is -2.33. The number of rotatable bonds is 17. The van der Waals surface area contributed by atoms with Gasteiger partial charge in [0.25, 0.3) is 10.1 Å². The Balaban J connectivity index is 4.57. The third-order valence-corrected chi connectivity index (χ3v) is 6.39. The van der Waals surface area contributed by atoms with Gasteiger partial charge in [0.2, 0.25) is 0 Å². The summed E-state index contributed by atoms with van der Waals surface area (Å²) in [5, 5.41) is -1.47. The van der Waals surface area contributed by atoms with E-state index >= 15 is 0 Å². The summed E-state index contributed by atoms with van der Waals surface area (Å²) in [5.41, 5.74) is 0. The molecule has 0 aliphatic heterocycles. The van der Waals surface area contributed by atoms with E-state index in [1.807, 2.05) is 13.8 Å². The molecule has 29 heavy (non-hydrogen) atoms. The fourth-order valence-electron chi connectivity index (χ4n) is 3.07. The number of ether oxygens (including phenoxy) is 2. The standard InChI is InChI=1S/C21H40O7S/c1-5-9-11-17(7-3)13-20(22)27-15-19(29(24,25)26)16-28-21(23)14-18(8-4)12-10-6-2/h17-19H,5-16H2,1-4H3,(H,24,25,26). The van der Waals surface area contributed by atoms with Gasteiger partial charge in [-0.25, -0.2) is 0 Å². The molecular formula is C21H40O7S. The molecule has 0 radical (unpaired) electrons. The van der Waals surface area contributed by atoms with E-state index in [1.54, 1.807) is 0 Å². The van der Waals surface area contributed by atoms with E-state index in [1.165, 1.54) is 0 Å². The SMILES string of the molecule is CCCCC(CC)CC(=O)OCC(COC(=O)CC(CC)CCCC)S(=O)(=O)O. The van der Waals surface area contributed by atoms with Gasteiger partial charge in [-0.15, -0.1) is 0 Å². The molecule has 172 valence electrons. The Morgan fingerprint density at radius 3 is 1.45 bits per heavy atom. The van der Waals surface area contributed by atoms with Crippen LogP contribution in [0.2, 0.25) is 0 Å². The Labute approximate surface area is 176 Å². The van der Waals surface area contributed by atoms with Crippen molar-refractivity contribution < 1.29 is 32.0 Å². The van der Waals surface area contributed by atoms with Crippen LogP contribution in [-0.2, 0) is 29.2 Å². The quantitative estimate of drug-likeness (QED) is 0.263. The van der Waals surface area contributed by atoms with Gasteiger partial charge in [-0.3, -0.25) is 14.1 Å². The first-order valence-electron chi connectivity index (χ1n) is 10.9. The lowest BCUT2D eigenvalue weighted by Gasteiger charge is -2.18. The molecule has 0 fully saturated rings. The molecule has 0 aliphatic carbocycles. The first-order chi connectivity index (χ1) is 13.7. The van der Waals surface area contributed by atoms with E-state index in [-0.39, 0.29) is 24.7 Å². The molecule has 0 amide bonds. The molecule has 8 heteroatoms. The van der Waals surface area contributed by atoms with Crippen LogP contribution >= 0.6 is 0 Å². The minimum Gasteiger partial charge on any atom is -0.464 e. The molecule has 0 saturated heterocycles. The van der Waals surface area contributed by atoms with Crippen molar-refractivity contribution in [2.45, 2.75) is 97.2 Å². The van der Waals surface area contributed by atoms with Crippen LogP contribution in [0.4, 0.5) is 0 Å². The van der Waals surface area contributed by atoms with Gasteiger partial charge in [-0.05, 0) is 24.7 Å². The van der Waals surface area contributed by atoms with Gasteiger partial charge in [0.1, 0.15) is 13.2 Å². The van der Waals surface area contributed by atoms with Crippen molar-refractivity contribution in [3.63, 3.8) is 0 Å². The highest BCUT2D eigenvalue weighted by atomic mass is 32.2. The van der Waals surface area contributed by atoms with Crippen molar-refractivity contribution >= 4 is 22.1 Å². The molecule has 7 nitrogen and oxygen atoms in total. The molecule has 0 saturated carbocycles. The molecule has 1 N–H and O–H groups in total. The van der Waals surface area contributed by atoms with Crippen molar-refractivity contribution in [1.29, 1.82) is 0 Å². The minimum absolute atomic E-state index is 0.193. The second-order valence-electron chi connectivity index (χ2n) is 7.74. The Kier molecular flexibility index (Phi) is 15.0. The van der Waals surface area contributed by atoms with Crippen LogP contribution in [0.1, 0.15) is 91.9 Å². The van der Waals surface area contributed by atoms with Gasteiger partial charge in [-0.1, -0.05) is 66.2 Å². The smallest absolute Gasteiger partial charge is 0.306 e. The summed E-state index contributed by atoms with van der Waals surface area (Å²) in [6.07, 6.45) is 8.05. The average Bonchev–Trinajstić information content (AvgIpc) is 2.66. The van der Waals surface area contributed by atoms with Crippen molar-refractivity contribution in [3.8, 4) is 0 Å². The fraction of sp³-hybridized carbons (Fsp3) is 0.905.